The Hall–Kier alpha value is -1.06. The fourth-order valence-electron chi connectivity index (χ4n) is 2.85. The topological polar surface area (TPSA) is 44.5 Å². The third-order valence-electron chi connectivity index (χ3n) is 3.92. The Kier molecular flexibility index (Phi) is 3.04. The zero-order valence-corrected chi connectivity index (χ0v) is 9.97. The molecule has 3 atom stereocenters. The van der Waals surface area contributed by atoms with Crippen LogP contribution in [0.25, 0.3) is 0 Å². The second-order valence-electron chi connectivity index (χ2n) is 5.07. The summed E-state index contributed by atoms with van der Waals surface area (Å²) in [6.45, 7) is 2.41. The van der Waals surface area contributed by atoms with Gasteiger partial charge in [0.2, 0.25) is 0 Å². The van der Waals surface area contributed by atoms with Crippen molar-refractivity contribution < 1.29 is 9.47 Å². The Balaban J connectivity index is 1.70. The molecule has 2 aliphatic heterocycles. The largest absolute Gasteiger partial charge is 0.493 e. The van der Waals surface area contributed by atoms with Crippen LogP contribution in [-0.2, 0) is 4.74 Å². The van der Waals surface area contributed by atoms with Gasteiger partial charge in [-0.3, -0.25) is 0 Å². The van der Waals surface area contributed by atoms with Crippen molar-refractivity contribution in [3.8, 4) is 5.75 Å². The molecule has 1 aromatic carbocycles. The molecule has 92 valence electrons. The first-order valence-corrected chi connectivity index (χ1v) is 6.39. The molecule has 0 radical (unpaired) electrons. The van der Waals surface area contributed by atoms with Crippen molar-refractivity contribution in [3.63, 3.8) is 0 Å². The highest BCUT2D eigenvalue weighted by Crippen LogP contribution is 2.38. The van der Waals surface area contributed by atoms with Crippen molar-refractivity contribution in [3.05, 3.63) is 29.8 Å². The molecule has 3 rings (SSSR count). The first kappa shape index (κ1) is 11.1. The standard InChI is InChI=1S/C14H19NO2/c15-13-5-6-16-8-11(13)7-10-9-17-14-4-2-1-3-12(10)14/h1-4,10-11,13H,5-9,15H2. The van der Waals surface area contributed by atoms with Crippen molar-refractivity contribution in [1.82, 2.24) is 0 Å². The Morgan fingerprint density at radius 1 is 1.24 bits per heavy atom. The average molecular weight is 233 g/mol. The highest BCUT2D eigenvalue weighted by molar-refractivity contribution is 5.39. The summed E-state index contributed by atoms with van der Waals surface area (Å²) >= 11 is 0. The van der Waals surface area contributed by atoms with Gasteiger partial charge in [0.1, 0.15) is 5.75 Å². The molecular formula is C14H19NO2. The Morgan fingerprint density at radius 3 is 3.00 bits per heavy atom. The van der Waals surface area contributed by atoms with E-state index in [1.54, 1.807) is 0 Å². The molecule has 3 nitrogen and oxygen atoms in total. The molecular weight excluding hydrogens is 214 g/mol. The summed E-state index contributed by atoms with van der Waals surface area (Å²) < 4.78 is 11.2. The summed E-state index contributed by atoms with van der Waals surface area (Å²) in [6, 6.07) is 8.61. The van der Waals surface area contributed by atoms with Gasteiger partial charge in [-0.25, -0.2) is 0 Å². The van der Waals surface area contributed by atoms with Crippen molar-refractivity contribution in [2.24, 2.45) is 11.7 Å². The van der Waals surface area contributed by atoms with Crippen LogP contribution in [0.2, 0.25) is 0 Å². The first-order chi connectivity index (χ1) is 8.34. The Labute approximate surface area is 102 Å². The minimum atomic E-state index is 0.288. The SMILES string of the molecule is NC1CCOCC1CC1COc2ccccc21. The molecule has 3 unspecified atom stereocenters. The number of para-hydroxylation sites is 1. The number of nitrogens with two attached hydrogens (primary N) is 1. The Bertz CT molecular complexity index is 394. The minimum Gasteiger partial charge on any atom is -0.493 e. The number of benzene rings is 1. The van der Waals surface area contributed by atoms with Gasteiger partial charge in [0, 0.05) is 24.1 Å². The van der Waals surface area contributed by atoms with Crippen LogP contribution in [-0.4, -0.2) is 25.9 Å². The zero-order chi connectivity index (χ0) is 11.7. The summed E-state index contributed by atoms with van der Waals surface area (Å²) in [6.07, 6.45) is 2.07. The smallest absolute Gasteiger partial charge is 0.122 e. The van der Waals surface area contributed by atoms with Crippen LogP contribution in [0, 0.1) is 5.92 Å². The van der Waals surface area contributed by atoms with E-state index in [9.17, 15) is 0 Å². The molecule has 1 fully saturated rings. The fourth-order valence-corrected chi connectivity index (χ4v) is 2.85. The van der Waals surface area contributed by atoms with Gasteiger partial charge in [-0.1, -0.05) is 18.2 Å². The van der Waals surface area contributed by atoms with E-state index in [-0.39, 0.29) is 6.04 Å². The molecule has 0 aromatic heterocycles. The fraction of sp³-hybridized carbons (Fsp3) is 0.571. The lowest BCUT2D eigenvalue weighted by atomic mass is 9.85. The van der Waals surface area contributed by atoms with Gasteiger partial charge in [0.15, 0.2) is 0 Å². The lowest BCUT2D eigenvalue weighted by molar-refractivity contribution is 0.0352. The molecule has 0 amide bonds. The third kappa shape index (κ3) is 2.17. The molecule has 3 heteroatoms. The van der Waals surface area contributed by atoms with Crippen molar-refractivity contribution in [1.29, 1.82) is 0 Å². The van der Waals surface area contributed by atoms with Crippen molar-refractivity contribution >= 4 is 0 Å². The van der Waals surface area contributed by atoms with Gasteiger partial charge in [-0.15, -0.1) is 0 Å². The van der Waals surface area contributed by atoms with Gasteiger partial charge >= 0.3 is 0 Å². The normalized spacial score (nSPS) is 31.9. The second-order valence-corrected chi connectivity index (χ2v) is 5.07. The molecule has 2 aliphatic rings. The number of ether oxygens (including phenoxy) is 2. The average Bonchev–Trinajstić information content (AvgIpc) is 2.76. The summed E-state index contributed by atoms with van der Waals surface area (Å²) in [4.78, 5) is 0. The molecule has 1 aromatic rings. The molecule has 0 bridgehead atoms. The lowest BCUT2D eigenvalue weighted by Gasteiger charge is -2.30. The number of hydrogen-bond acceptors (Lipinski definition) is 3. The van der Waals surface area contributed by atoms with Crippen LogP contribution in [0.1, 0.15) is 24.3 Å². The molecule has 0 saturated carbocycles. The molecule has 1 saturated heterocycles. The summed E-state index contributed by atoms with van der Waals surface area (Å²) in [5.41, 5.74) is 7.49. The first-order valence-electron chi connectivity index (χ1n) is 6.39. The molecule has 17 heavy (non-hydrogen) atoms. The summed E-state index contributed by atoms with van der Waals surface area (Å²) in [5, 5.41) is 0. The number of hydrogen-bond donors (Lipinski definition) is 1. The van der Waals surface area contributed by atoms with Gasteiger partial charge < -0.3 is 15.2 Å². The summed E-state index contributed by atoms with van der Waals surface area (Å²) in [7, 11) is 0. The van der Waals surface area contributed by atoms with E-state index in [1.807, 2.05) is 12.1 Å². The van der Waals surface area contributed by atoms with E-state index in [4.69, 9.17) is 15.2 Å². The van der Waals surface area contributed by atoms with Crippen LogP contribution in [0.15, 0.2) is 24.3 Å². The van der Waals surface area contributed by atoms with Gasteiger partial charge in [-0.05, 0) is 24.8 Å². The highest BCUT2D eigenvalue weighted by atomic mass is 16.5. The number of fused-ring (bicyclic) bond motifs is 1. The van der Waals surface area contributed by atoms with Crippen LogP contribution in [0.4, 0.5) is 0 Å². The van der Waals surface area contributed by atoms with Crippen LogP contribution in [0.5, 0.6) is 5.75 Å². The maximum atomic E-state index is 6.16. The van der Waals surface area contributed by atoms with E-state index in [0.29, 0.717) is 11.8 Å². The van der Waals surface area contributed by atoms with E-state index < -0.39 is 0 Å². The van der Waals surface area contributed by atoms with Crippen LogP contribution < -0.4 is 10.5 Å². The monoisotopic (exact) mass is 233 g/mol. The quantitative estimate of drug-likeness (QED) is 0.848. The van der Waals surface area contributed by atoms with E-state index >= 15 is 0 Å². The maximum Gasteiger partial charge on any atom is 0.122 e. The lowest BCUT2D eigenvalue weighted by Crippen LogP contribution is -2.39. The summed E-state index contributed by atoms with van der Waals surface area (Å²) in [5.74, 6) is 2.01. The van der Waals surface area contributed by atoms with Gasteiger partial charge in [-0.2, -0.15) is 0 Å². The van der Waals surface area contributed by atoms with Crippen molar-refractivity contribution in [2.45, 2.75) is 24.8 Å². The van der Waals surface area contributed by atoms with Crippen molar-refractivity contribution in [2.75, 3.05) is 19.8 Å². The van der Waals surface area contributed by atoms with Crippen LogP contribution >= 0.6 is 0 Å². The molecule has 0 aliphatic carbocycles. The zero-order valence-electron chi connectivity index (χ0n) is 9.97. The van der Waals surface area contributed by atoms with Gasteiger partial charge in [0.25, 0.3) is 0 Å². The number of rotatable bonds is 2. The molecule has 0 spiro atoms. The molecule has 2 heterocycles. The third-order valence-corrected chi connectivity index (χ3v) is 3.92. The predicted molar refractivity (Wildman–Crippen MR) is 66.2 cm³/mol. The highest BCUT2D eigenvalue weighted by Gasteiger charge is 2.30. The molecule has 2 N–H and O–H groups in total. The van der Waals surface area contributed by atoms with Gasteiger partial charge in [0.05, 0.1) is 13.2 Å². The maximum absolute atomic E-state index is 6.16. The second kappa shape index (κ2) is 4.67. The van der Waals surface area contributed by atoms with Crippen LogP contribution in [0.3, 0.4) is 0 Å². The van der Waals surface area contributed by atoms with E-state index in [2.05, 4.69) is 12.1 Å². The Morgan fingerprint density at radius 2 is 2.12 bits per heavy atom. The van der Waals surface area contributed by atoms with E-state index in [1.165, 1.54) is 5.56 Å². The minimum absolute atomic E-state index is 0.288. The van der Waals surface area contributed by atoms with E-state index in [0.717, 1.165) is 38.4 Å². The predicted octanol–water partition coefficient (Wildman–Crippen LogP) is 1.92.